The predicted molar refractivity (Wildman–Crippen MR) is 161 cm³/mol. The molecule has 5 aromatic rings. The van der Waals surface area contributed by atoms with Crippen LogP contribution in [0.2, 0.25) is 0 Å². The molecule has 0 aliphatic carbocycles. The molecule has 0 aliphatic heterocycles. The standard InChI is InChI=1S/C35H29NO3S/c1-26-17-23-32(24-18-26)40(38,39)36-33(37)25-27-19-21-31(22-20-27)35(30-15-9-4-10-16-30)34(28-11-5-2-6-12-28)29-13-7-3-8-14-29/h2-24H,25H2,1H3,(H,36,37). The highest BCUT2D eigenvalue weighted by Crippen LogP contribution is 2.36. The smallest absolute Gasteiger partial charge is 0.264 e. The molecule has 4 nitrogen and oxygen atoms in total. The van der Waals surface area contributed by atoms with E-state index in [0.717, 1.165) is 39.0 Å². The maximum atomic E-state index is 12.7. The number of hydrogen-bond donors (Lipinski definition) is 1. The largest absolute Gasteiger partial charge is 0.274 e. The summed E-state index contributed by atoms with van der Waals surface area (Å²) in [5.74, 6) is -0.582. The van der Waals surface area contributed by atoms with E-state index in [1.807, 2.05) is 85.8 Å². The van der Waals surface area contributed by atoms with E-state index in [1.54, 1.807) is 12.1 Å². The Morgan fingerprint density at radius 3 is 1.38 bits per heavy atom. The molecule has 0 unspecified atom stereocenters. The van der Waals surface area contributed by atoms with Crippen LogP contribution in [0.5, 0.6) is 0 Å². The molecule has 0 aliphatic rings. The van der Waals surface area contributed by atoms with Crippen molar-refractivity contribution in [1.82, 2.24) is 4.72 Å². The zero-order valence-corrected chi connectivity index (χ0v) is 22.9. The first-order valence-corrected chi connectivity index (χ1v) is 14.5. The van der Waals surface area contributed by atoms with Crippen molar-refractivity contribution in [3.05, 3.63) is 173 Å². The fourth-order valence-electron chi connectivity index (χ4n) is 4.66. The molecule has 0 heterocycles. The molecule has 0 radical (unpaired) electrons. The molecule has 40 heavy (non-hydrogen) atoms. The van der Waals surface area contributed by atoms with Gasteiger partial charge in [0.1, 0.15) is 0 Å². The lowest BCUT2D eigenvalue weighted by atomic mass is 9.85. The summed E-state index contributed by atoms with van der Waals surface area (Å²) in [4.78, 5) is 12.8. The van der Waals surface area contributed by atoms with Crippen LogP contribution in [0.3, 0.4) is 0 Å². The molecule has 0 bridgehead atoms. The Bertz CT molecular complexity index is 1690. The normalized spacial score (nSPS) is 11.0. The Morgan fingerprint density at radius 1 is 0.550 bits per heavy atom. The molecule has 5 aromatic carbocycles. The fourth-order valence-corrected chi connectivity index (χ4v) is 5.65. The minimum Gasteiger partial charge on any atom is -0.274 e. The van der Waals surface area contributed by atoms with Crippen molar-refractivity contribution in [2.75, 3.05) is 0 Å². The number of amides is 1. The number of aryl methyl sites for hydroxylation is 1. The summed E-state index contributed by atoms with van der Waals surface area (Å²) < 4.78 is 27.5. The van der Waals surface area contributed by atoms with Crippen molar-refractivity contribution >= 4 is 27.1 Å². The number of nitrogens with one attached hydrogen (secondary N) is 1. The quantitative estimate of drug-likeness (QED) is 0.213. The summed E-state index contributed by atoms with van der Waals surface area (Å²) in [5.41, 5.74) is 8.07. The van der Waals surface area contributed by atoms with Gasteiger partial charge in [0.15, 0.2) is 0 Å². The lowest BCUT2D eigenvalue weighted by Crippen LogP contribution is -2.31. The molecule has 0 atom stereocenters. The van der Waals surface area contributed by atoms with Crippen molar-refractivity contribution in [3.63, 3.8) is 0 Å². The van der Waals surface area contributed by atoms with E-state index in [9.17, 15) is 13.2 Å². The maximum absolute atomic E-state index is 12.7. The summed E-state index contributed by atoms with van der Waals surface area (Å²) in [6, 6.07) is 45.0. The van der Waals surface area contributed by atoms with Gasteiger partial charge in [0.2, 0.25) is 5.91 Å². The van der Waals surface area contributed by atoms with E-state index in [-0.39, 0.29) is 11.3 Å². The minimum atomic E-state index is -3.93. The molecule has 1 amide bonds. The van der Waals surface area contributed by atoms with Gasteiger partial charge < -0.3 is 0 Å². The van der Waals surface area contributed by atoms with Gasteiger partial charge in [-0.05, 0) is 58.0 Å². The molecule has 0 spiro atoms. The molecule has 5 rings (SSSR count). The first kappa shape index (κ1) is 26.9. The second-order valence-corrected chi connectivity index (χ2v) is 11.2. The van der Waals surface area contributed by atoms with Crippen molar-refractivity contribution in [2.24, 2.45) is 0 Å². The van der Waals surface area contributed by atoms with Crippen LogP contribution in [0.25, 0.3) is 11.1 Å². The van der Waals surface area contributed by atoms with Gasteiger partial charge in [-0.1, -0.05) is 133 Å². The van der Waals surface area contributed by atoms with E-state index >= 15 is 0 Å². The lowest BCUT2D eigenvalue weighted by Gasteiger charge is -2.18. The lowest BCUT2D eigenvalue weighted by molar-refractivity contribution is -0.118. The number of carbonyl (C=O) groups excluding carboxylic acids is 1. The van der Waals surface area contributed by atoms with E-state index in [2.05, 4.69) is 41.1 Å². The van der Waals surface area contributed by atoms with Crippen LogP contribution in [0.1, 0.15) is 33.4 Å². The van der Waals surface area contributed by atoms with E-state index < -0.39 is 15.9 Å². The van der Waals surface area contributed by atoms with Gasteiger partial charge in [-0.2, -0.15) is 0 Å². The monoisotopic (exact) mass is 543 g/mol. The third-order valence-corrected chi connectivity index (χ3v) is 8.01. The SMILES string of the molecule is Cc1ccc(S(=O)(=O)NC(=O)Cc2ccc(C(=C(c3ccccc3)c3ccccc3)c3ccccc3)cc2)cc1. The zero-order chi connectivity index (χ0) is 28.0. The number of benzene rings is 5. The second kappa shape index (κ2) is 12.0. The summed E-state index contributed by atoms with van der Waals surface area (Å²) in [6.45, 7) is 1.87. The summed E-state index contributed by atoms with van der Waals surface area (Å²) >= 11 is 0. The molecular formula is C35H29NO3S. The van der Waals surface area contributed by atoms with Crippen LogP contribution in [-0.4, -0.2) is 14.3 Å². The molecule has 0 fully saturated rings. The zero-order valence-electron chi connectivity index (χ0n) is 22.1. The van der Waals surface area contributed by atoms with Crippen LogP contribution in [0.4, 0.5) is 0 Å². The summed E-state index contributed by atoms with van der Waals surface area (Å²) in [7, 11) is -3.93. The highest BCUT2D eigenvalue weighted by molar-refractivity contribution is 7.90. The van der Waals surface area contributed by atoms with E-state index in [4.69, 9.17) is 0 Å². The van der Waals surface area contributed by atoms with Gasteiger partial charge in [-0.25, -0.2) is 13.1 Å². The van der Waals surface area contributed by atoms with Crippen molar-refractivity contribution in [3.8, 4) is 0 Å². The summed E-state index contributed by atoms with van der Waals surface area (Å²) in [5, 5.41) is 0. The second-order valence-electron chi connectivity index (χ2n) is 9.56. The Morgan fingerprint density at radius 2 is 0.950 bits per heavy atom. The first-order valence-electron chi connectivity index (χ1n) is 13.0. The molecular weight excluding hydrogens is 514 g/mol. The molecule has 0 saturated carbocycles. The number of sulfonamides is 1. The Hall–Kier alpha value is -4.74. The van der Waals surface area contributed by atoms with Gasteiger partial charge in [0.05, 0.1) is 11.3 Å². The number of rotatable bonds is 8. The number of carbonyl (C=O) groups is 1. The van der Waals surface area contributed by atoms with Crippen LogP contribution in [0, 0.1) is 6.92 Å². The van der Waals surface area contributed by atoms with Gasteiger partial charge in [-0.3, -0.25) is 4.79 Å². The summed E-state index contributed by atoms with van der Waals surface area (Å²) in [6.07, 6.45) is -0.0556. The highest BCUT2D eigenvalue weighted by Gasteiger charge is 2.19. The average molecular weight is 544 g/mol. The topological polar surface area (TPSA) is 63.2 Å². The third kappa shape index (κ3) is 6.28. The molecule has 0 saturated heterocycles. The van der Waals surface area contributed by atoms with Crippen LogP contribution in [-0.2, 0) is 21.2 Å². The van der Waals surface area contributed by atoms with E-state index in [0.29, 0.717) is 5.56 Å². The molecule has 0 aromatic heterocycles. The van der Waals surface area contributed by atoms with Gasteiger partial charge in [0.25, 0.3) is 10.0 Å². The fraction of sp³-hybridized carbons (Fsp3) is 0.0571. The van der Waals surface area contributed by atoms with Crippen LogP contribution < -0.4 is 4.72 Å². The maximum Gasteiger partial charge on any atom is 0.264 e. The Balaban J connectivity index is 1.50. The average Bonchev–Trinajstić information content (AvgIpc) is 2.98. The Labute approximate surface area is 235 Å². The predicted octanol–water partition coefficient (Wildman–Crippen LogP) is 7.05. The van der Waals surface area contributed by atoms with Crippen LogP contribution in [0.15, 0.2) is 144 Å². The van der Waals surface area contributed by atoms with Crippen molar-refractivity contribution in [1.29, 1.82) is 0 Å². The molecule has 5 heteroatoms. The van der Waals surface area contributed by atoms with Crippen LogP contribution >= 0.6 is 0 Å². The van der Waals surface area contributed by atoms with E-state index in [1.165, 1.54) is 12.1 Å². The number of hydrogen-bond acceptors (Lipinski definition) is 3. The molecule has 1 N–H and O–H groups in total. The van der Waals surface area contributed by atoms with Crippen molar-refractivity contribution in [2.45, 2.75) is 18.2 Å². The van der Waals surface area contributed by atoms with Gasteiger partial charge in [0, 0.05) is 0 Å². The Kier molecular flexibility index (Phi) is 8.04. The molecule has 198 valence electrons. The van der Waals surface area contributed by atoms with Crippen molar-refractivity contribution < 1.29 is 13.2 Å². The highest BCUT2D eigenvalue weighted by atomic mass is 32.2. The minimum absolute atomic E-state index is 0.0556. The van der Waals surface area contributed by atoms with Gasteiger partial charge in [-0.15, -0.1) is 0 Å². The van der Waals surface area contributed by atoms with Gasteiger partial charge >= 0.3 is 0 Å². The first-order chi connectivity index (χ1) is 19.4. The third-order valence-electron chi connectivity index (χ3n) is 6.62.